The zero-order valence-corrected chi connectivity index (χ0v) is 9.42. The molecule has 6 heteroatoms. The number of halogens is 4. The van der Waals surface area contributed by atoms with E-state index < -0.39 is 12.1 Å². The predicted octanol–water partition coefficient (Wildman–Crippen LogP) is 3.33. The van der Waals surface area contributed by atoms with Crippen molar-refractivity contribution in [1.82, 2.24) is 0 Å². The monoisotopic (exact) mass is 263 g/mol. The molecule has 0 aliphatic heterocycles. The number of carbonyl (C=O) groups is 1. The van der Waals surface area contributed by atoms with E-state index in [4.69, 9.17) is 11.6 Å². The molecule has 1 aromatic carbocycles. The van der Waals surface area contributed by atoms with E-state index in [0.29, 0.717) is 4.90 Å². The lowest BCUT2D eigenvalue weighted by Gasteiger charge is -2.23. The van der Waals surface area contributed by atoms with Gasteiger partial charge < -0.3 is 0 Å². The SMILES string of the molecule is C=C(Cl)CN(C(=O)C(F)(F)F)c1ccccc1. The topological polar surface area (TPSA) is 20.3 Å². The molecule has 0 saturated carbocycles. The van der Waals surface area contributed by atoms with Crippen LogP contribution < -0.4 is 4.90 Å². The smallest absolute Gasteiger partial charge is 0.299 e. The number of anilines is 1. The molecule has 1 rings (SSSR count). The normalized spacial score (nSPS) is 11.1. The van der Waals surface area contributed by atoms with Crippen LogP contribution in [0.15, 0.2) is 41.9 Å². The summed E-state index contributed by atoms with van der Waals surface area (Å²) in [5.41, 5.74) is 0.122. The van der Waals surface area contributed by atoms with Crippen LogP contribution in [-0.4, -0.2) is 18.6 Å². The summed E-state index contributed by atoms with van der Waals surface area (Å²) in [5.74, 6) is -1.97. The van der Waals surface area contributed by atoms with Gasteiger partial charge in [-0.1, -0.05) is 36.4 Å². The van der Waals surface area contributed by atoms with Crippen molar-refractivity contribution in [3.63, 3.8) is 0 Å². The summed E-state index contributed by atoms with van der Waals surface area (Å²) in [6, 6.07) is 7.48. The van der Waals surface area contributed by atoms with E-state index >= 15 is 0 Å². The van der Waals surface area contributed by atoms with Gasteiger partial charge in [0.05, 0.1) is 6.54 Å². The van der Waals surface area contributed by atoms with Crippen LogP contribution in [0.3, 0.4) is 0 Å². The van der Waals surface area contributed by atoms with Gasteiger partial charge >= 0.3 is 12.1 Å². The molecule has 0 heterocycles. The third-order valence-electron chi connectivity index (χ3n) is 1.89. The first-order valence-corrected chi connectivity index (χ1v) is 4.97. The molecule has 17 heavy (non-hydrogen) atoms. The van der Waals surface area contributed by atoms with E-state index in [1.165, 1.54) is 24.3 Å². The van der Waals surface area contributed by atoms with E-state index in [1.807, 2.05) is 0 Å². The van der Waals surface area contributed by atoms with E-state index in [1.54, 1.807) is 6.07 Å². The van der Waals surface area contributed by atoms with Gasteiger partial charge in [-0.2, -0.15) is 13.2 Å². The van der Waals surface area contributed by atoms with Gasteiger partial charge in [0, 0.05) is 10.7 Å². The van der Waals surface area contributed by atoms with E-state index in [2.05, 4.69) is 6.58 Å². The molecule has 0 unspecified atom stereocenters. The standard InChI is InChI=1S/C11H9ClF3NO/c1-8(12)7-16(10(17)11(13,14)15)9-5-3-2-4-6-9/h2-6H,1,7H2. The maximum Gasteiger partial charge on any atom is 0.471 e. The second kappa shape index (κ2) is 5.23. The van der Waals surface area contributed by atoms with Gasteiger partial charge in [0.2, 0.25) is 0 Å². The van der Waals surface area contributed by atoms with Gasteiger partial charge in [-0.3, -0.25) is 9.69 Å². The lowest BCUT2D eigenvalue weighted by molar-refractivity contribution is -0.170. The van der Waals surface area contributed by atoms with Crippen LogP contribution in [-0.2, 0) is 4.79 Å². The van der Waals surface area contributed by atoms with Crippen molar-refractivity contribution in [1.29, 1.82) is 0 Å². The van der Waals surface area contributed by atoms with E-state index in [-0.39, 0.29) is 17.3 Å². The van der Waals surface area contributed by atoms with E-state index in [9.17, 15) is 18.0 Å². The Kier molecular flexibility index (Phi) is 4.17. The van der Waals surface area contributed by atoms with Crippen LogP contribution in [0.2, 0.25) is 0 Å². The summed E-state index contributed by atoms with van der Waals surface area (Å²) in [6.07, 6.45) is -4.94. The Bertz CT molecular complexity index is 416. The van der Waals surface area contributed by atoms with Crippen LogP contribution in [0.25, 0.3) is 0 Å². The van der Waals surface area contributed by atoms with Crippen LogP contribution in [0.1, 0.15) is 0 Å². The Labute approximate surface area is 101 Å². The zero-order chi connectivity index (χ0) is 13.1. The Balaban J connectivity index is 3.05. The molecule has 0 bridgehead atoms. The van der Waals surface area contributed by atoms with Crippen molar-refractivity contribution in [3.05, 3.63) is 41.9 Å². The van der Waals surface area contributed by atoms with Crippen molar-refractivity contribution in [2.75, 3.05) is 11.4 Å². The molecule has 0 fully saturated rings. The second-order valence-electron chi connectivity index (χ2n) is 3.24. The largest absolute Gasteiger partial charge is 0.471 e. The van der Waals surface area contributed by atoms with Gasteiger partial charge in [-0.15, -0.1) is 0 Å². The van der Waals surface area contributed by atoms with Gasteiger partial charge in [0.1, 0.15) is 0 Å². The minimum atomic E-state index is -4.94. The highest BCUT2D eigenvalue weighted by Gasteiger charge is 2.43. The molecule has 1 amide bonds. The third-order valence-corrected chi connectivity index (χ3v) is 2.00. The van der Waals surface area contributed by atoms with Crippen molar-refractivity contribution < 1.29 is 18.0 Å². The maximum absolute atomic E-state index is 12.4. The molecule has 0 atom stereocenters. The summed E-state index contributed by atoms with van der Waals surface area (Å²) >= 11 is 5.46. The summed E-state index contributed by atoms with van der Waals surface area (Å²) < 4.78 is 37.1. The number of hydrogen-bond donors (Lipinski definition) is 0. The molecule has 0 N–H and O–H groups in total. The Morgan fingerprint density at radius 2 is 1.82 bits per heavy atom. The summed E-state index contributed by atoms with van der Waals surface area (Å²) in [4.78, 5) is 11.7. The van der Waals surface area contributed by atoms with Crippen LogP contribution >= 0.6 is 11.6 Å². The lowest BCUT2D eigenvalue weighted by atomic mass is 10.2. The minimum absolute atomic E-state index is 0.0496. The quantitative estimate of drug-likeness (QED) is 0.819. The fourth-order valence-corrected chi connectivity index (χ4v) is 1.33. The summed E-state index contributed by atoms with van der Waals surface area (Å²) in [7, 11) is 0. The van der Waals surface area contributed by atoms with E-state index in [0.717, 1.165) is 0 Å². The number of carbonyl (C=O) groups excluding carboxylic acids is 1. The van der Waals surface area contributed by atoms with Crippen LogP contribution in [0.5, 0.6) is 0 Å². The molecule has 2 nitrogen and oxygen atoms in total. The molecular formula is C11H9ClF3NO. The van der Waals surface area contributed by atoms with Gasteiger partial charge in [0.25, 0.3) is 0 Å². The first kappa shape index (κ1) is 13.6. The Morgan fingerprint density at radius 1 is 1.29 bits per heavy atom. The highest BCUT2D eigenvalue weighted by Crippen LogP contribution is 2.24. The number of para-hydroxylation sites is 1. The number of amides is 1. The highest BCUT2D eigenvalue weighted by molar-refractivity contribution is 6.30. The molecule has 0 spiro atoms. The average Bonchev–Trinajstić information content (AvgIpc) is 2.24. The second-order valence-corrected chi connectivity index (χ2v) is 3.78. The van der Waals surface area contributed by atoms with Gasteiger partial charge in [0.15, 0.2) is 0 Å². The highest BCUT2D eigenvalue weighted by atomic mass is 35.5. The molecule has 1 aromatic rings. The van der Waals surface area contributed by atoms with Gasteiger partial charge in [-0.25, -0.2) is 0 Å². The number of hydrogen-bond acceptors (Lipinski definition) is 1. The predicted molar refractivity (Wildman–Crippen MR) is 59.8 cm³/mol. The van der Waals surface area contributed by atoms with Crippen molar-refractivity contribution in [2.45, 2.75) is 6.18 Å². The number of rotatable bonds is 3. The van der Waals surface area contributed by atoms with Crippen molar-refractivity contribution >= 4 is 23.2 Å². The Morgan fingerprint density at radius 3 is 2.24 bits per heavy atom. The summed E-state index contributed by atoms with van der Waals surface area (Å²) in [5, 5.41) is -0.0496. The number of alkyl halides is 3. The zero-order valence-electron chi connectivity index (χ0n) is 8.67. The molecule has 0 aromatic heterocycles. The molecule has 0 aliphatic carbocycles. The molecular weight excluding hydrogens is 255 g/mol. The first-order chi connectivity index (χ1) is 7.82. The summed E-state index contributed by atoms with van der Waals surface area (Å²) in [6.45, 7) is 2.90. The van der Waals surface area contributed by atoms with Gasteiger partial charge in [-0.05, 0) is 12.1 Å². The van der Waals surface area contributed by atoms with Crippen molar-refractivity contribution in [2.24, 2.45) is 0 Å². The maximum atomic E-state index is 12.4. The molecule has 92 valence electrons. The molecule has 0 saturated heterocycles. The number of nitrogens with zero attached hydrogens (tertiary/aromatic N) is 1. The Hall–Kier alpha value is -1.49. The fourth-order valence-electron chi connectivity index (χ4n) is 1.21. The van der Waals surface area contributed by atoms with Crippen LogP contribution in [0, 0.1) is 0 Å². The molecule has 0 radical (unpaired) electrons. The minimum Gasteiger partial charge on any atom is -0.299 e. The fraction of sp³-hybridized carbons (Fsp3) is 0.182. The average molecular weight is 264 g/mol. The third kappa shape index (κ3) is 3.78. The lowest BCUT2D eigenvalue weighted by Crippen LogP contribution is -2.41. The first-order valence-electron chi connectivity index (χ1n) is 4.59. The van der Waals surface area contributed by atoms with Crippen LogP contribution in [0.4, 0.5) is 18.9 Å². The number of benzene rings is 1. The molecule has 0 aliphatic rings. The van der Waals surface area contributed by atoms with Crippen molar-refractivity contribution in [3.8, 4) is 0 Å².